The summed E-state index contributed by atoms with van der Waals surface area (Å²) in [5.41, 5.74) is 7.47. The van der Waals surface area contributed by atoms with Crippen LogP contribution in [0.15, 0.2) is 30.3 Å². The maximum Gasteiger partial charge on any atom is 0.262 e. The Morgan fingerprint density at radius 3 is 2.52 bits per heavy atom. The van der Waals surface area contributed by atoms with Crippen molar-refractivity contribution in [2.45, 2.75) is 38.6 Å². The molecule has 1 aliphatic carbocycles. The monoisotopic (exact) mass is 303 g/mol. The fraction of sp³-hybridized carbons (Fsp3) is 0.375. The summed E-state index contributed by atoms with van der Waals surface area (Å²) in [6, 6.07) is 8.40. The van der Waals surface area contributed by atoms with Gasteiger partial charge in [0, 0.05) is 12.1 Å². The molecule has 2 rings (SSSR count). The summed E-state index contributed by atoms with van der Waals surface area (Å²) in [5.74, 6) is -0.230. The van der Waals surface area contributed by atoms with Gasteiger partial charge in [0.25, 0.3) is 5.91 Å². The summed E-state index contributed by atoms with van der Waals surface area (Å²) < 4.78 is 0. The first-order chi connectivity index (χ1) is 10.1. The zero-order chi connectivity index (χ0) is 15.1. The highest BCUT2D eigenvalue weighted by Gasteiger charge is 2.15. The van der Waals surface area contributed by atoms with E-state index in [9.17, 15) is 4.79 Å². The molecule has 3 N–H and O–H groups in total. The van der Waals surface area contributed by atoms with Gasteiger partial charge in [-0.3, -0.25) is 15.6 Å². The smallest absolute Gasteiger partial charge is 0.262 e. The summed E-state index contributed by atoms with van der Waals surface area (Å²) in [7, 11) is 0. The van der Waals surface area contributed by atoms with E-state index in [1.54, 1.807) is 6.08 Å². The lowest BCUT2D eigenvalue weighted by molar-refractivity contribution is -0.116. The molecule has 4 nitrogen and oxygen atoms in total. The average molecular weight is 303 g/mol. The Morgan fingerprint density at radius 1 is 1.19 bits per heavy atom. The Labute approximate surface area is 131 Å². The third kappa shape index (κ3) is 5.55. The van der Waals surface area contributed by atoms with Gasteiger partial charge < -0.3 is 5.32 Å². The Kier molecular flexibility index (Phi) is 5.75. The van der Waals surface area contributed by atoms with Crippen LogP contribution in [-0.4, -0.2) is 17.1 Å². The fourth-order valence-electron chi connectivity index (χ4n) is 2.30. The predicted molar refractivity (Wildman–Crippen MR) is 89.5 cm³/mol. The Bertz CT molecular complexity index is 519. The van der Waals surface area contributed by atoms with Crippen LogP contribution in [0.1, 0.15) is 36.8 Å². The van der Waals surface area contributed by atoms with Crippen LogP contribution in [0.25, 0.3) is 6.08 Å². The number of carbonyl (C=O) groups excluding carboxylic acids is 1. The summed E-state index contributed by atoms with van der Waals surface area (Å²) in [5, 5.41) is 3.67. The van der Waals surface area contributed by atoms with Crippen molar-refractivity contribution in [2.24, 2.45) is 0 Å². The van der Waals surface area contributed by atoms with E-state index in [-0.39, 0.29) is 5.91 Å². The molecule has 0 saturated heterocycles. The number of hydrogen-bond acceptors (Lipinski definition) is 2. The van der Waals surface area contributed by atoms with Gasteiger partial charge in [-0.2, -0.15) is 0 Å². The third-order valence-electron chi connectivity index (χ3n) is 3.49. The van der Waals surface area contributed by atoms with Crippen LogP contribution >= 0.6 is 12.2 Å². The quantitative estimate of drug-likeness (QED) is 0.456. The number of rotatable bonds is 3. The number of amides is 1. The van der Waals surface area contributed by atoms with E-state index in [0.717, 1.165) is 18.4 Å². The van der Waals surface area contributed by atoms with Crippen LogP contribution in [0.2, 0.25) is 0 Å². The summed E-state index contributed by atoms with van der Waals surface area (Å²) >= 11 is 5.14. The molecule has 1 aliphatic rings. The second-order valence-corrected chi connectivity index (χ2v) is 5.72. The second-order valence-electron chi connectivity index (χ2n) is 5.31. The molecule has 1 fully saturated rings. The second kappa shape index (κ2) is 7.78. The van der Waals surface area contributed by atoms with E-state index < -0.39 is 0 Å². The molecule has 0 aliphatic heterocycles. The number of hydrazine groups is 1. The molecule has 1 aromatic carbocycles. The normalized spacial score (nSPS) is 15.1. The number of thiocarbonyl (C=S) groups is 1. The lowest BCUT2D eigenvalue weighted by atomic mass is 10.1. The van der Waals surface area contributed by atoms with E-state index >= 15 is 0 Å². The lowest BCUT2D eigenvalue weighted by Gasteiger charge is -2.15. The molecule has 0 bridgehead atoms. The summed E-state index contributed by atoms with van der Waals surface area (Å²) in [6.45, 7) is 2.03. The zero-order valence-corrected chi connectivity index (χ0v) is 13.0. The molecule has 21 heavy (non-hydrogen) atoms. The van der Waals surface area contributed by atoms with Gasteiger partial charge in [0.2, 0.25) is 0 Å². The van der Waals surface area contributed by atoms with Crippen LogP contribution in [0.4, 0.5) is 0 Å². The van der Waals surface area contributed by atoms with Crippen LogP contribution in [-0.2, 0) is 4.79 Å². The third-order valence-corrected chi connectivity index (χ3v) is 3.71. The van der Waals surface area contributed by atoms with Crippen molar-refractivity contribution in [3.8, 4) is 0 Å². The van der Waals surface area contributed by atoms with Crippen molar-refractivity contribution in [1.82, 2.24) is 16.2 Å². The maximum atomic E-state index is 11.7. The topological polar surface area (TPSA) is 53.2 Å². The lowest BCUT2D eigenvalue weighted by Crippen LogP contribution is -2.48. The zero-order valence-electron chi connectivity index (χ0n) is 12.2. The highest BCUT2D eigenvalue weighted by molar-refractivity contribution is 7.80. The first-order valence-corrected chi connectivity index (χ1v) is 7.65. The van der Waals surface area contributed by atoms with Gasteiger partial charge in [-0.05, 0) is 43.6 Å². The van der Waals surface area contributed by atoms with Crippen LogP contribution in [0.5, 0.6) is 0 Å². The van der Waals surface area contributed by atoms with E-state index in [4.69, 9.17) is 12.2 Å². The molecular formula is C16H21N3OS. The van der Waals surface area contributed by atoms with E-state index in [2.05, 4.69) is 16.2 Å². The van der Waals surface area contributed by atoms with Crippen molar-refractivity contribution in [2.75, 3.05) is 0 Å². The highest BCUT2D eigenvalue weighted by atomic mass is 32.1. The van der Waals surface area contributed by atoms with Gasteiger partial charge in [0.05, 0.1) is 0 Å². The molecule has 0 aromatic heterocycles. The van der Waals surface area contributed by atoms with Gasteiger partial charge >= 0.3 is 0 Å². The highest BCUT2D eigenvalue weighted by Crippen LogP contribution is 2.17. The Balaban J connectivity index is 1.71. The standard InChI is InChI=1S/C16H21N3OS/c1-12-6-8-13(9-7-12)10-11-15(20)18-19-16(21)17-14-4-2-3-5-14/h6-11,14H,2-5H2,1H3,(H,18,20)(H2,17,19,21)/b11-10+. The summed E-state index contributed by atoms with van der Waals surface area (Å²) in [6.07, 6.45) is 8.02. The molecule has 0 unspecified atom stereocenters. The van der Waals surface area contributed by atoms with E-state index in [1.165, 1.54) is 24.5 Å². The molecule has 1 saturated carbocycles. The number of benzene rings is 1. The number of aryl methyl sites for hydroxylation is 1. The average Bonchev–Trinajstić information content (AvgIpc) is 2.97. The minimum Gasteiger partial charge on any atom is -0.359 e. The first-order valence-electron chi connectivity index (χ1n) is 7.25. The summed E-state index contributed by atoms with van der Waals surface area (Å²) in [4.78, 5) is 11.7. The van der Waals surface area contributed by atoms with Crippen molar-refractivity contribution in [3.63, 3.8) is 0 Å². The van der Waals surface area contributed by atoms with Crippen molar-refractivity contribution < 1.29 is 4.79 Å². The minimum absolute atomic E-state index is 0.230. The number of carbonyl (C=O) groups is 1. The van der Waals surface area contributed by atoms with Crippen LogP contribution in [0, 0.1) is 6.92 Å². The number of hydrogen-bond donors (Lipinski definition) is 3. The van der Waals surface area contributed by atoms with Gasteiger partial charge in [-0.15, -0.1) is 0 Å². The van der Waals surface area contributed by atoms with Crippen molar-refractivity contribution in [1.29, 1.82) is 0 Å². The van der Waals surface area contributed by atoms with Gasteiger partial charge in [0.1, 0.15) is 0 Å². The molecule has 112 valence electrons. The molecule has 0 radical (unpaired) electrons. The molecular weight excluding hydrogens is 282 g/mol. The van der Waals surface area contributed by atoms with Gasteiger partial charge in [0.15, 0.2) is 5.11 Å². The first kappa shape index (κ1) is 15.5. The fourth-order valence-corrected chi connectivity index (χ4v) is 2.52. The minimum atomic E-state index is -0.230. The number of nitrogens with one attached hydrogen (secondary N) is 3. The largest absolute Gasteiger partial charge is 0.359 e. The molecule has 0 heterocycles. The maximum absolute atomic E-state index is 11.7. The van der Waals surface area contributed by atoms with Crippen LogP contribution < -0.4 is 16.2 Å². The Morgan fingerprint density at radius 2 is 1.86 bits per heavy atom. The predicted octanol–water partition coefficient (Wildman–Crippen LogP) is 2.45. The van der Waals surface area contributed by atoms with Gasteiger partial charge in [-0.25, -0.2) is 0 Å². The van der Waals surface area contributed by atoms with Crippen LogP contribution in [0.3, 0.4) is 0 Å². The molecule has 0 atom stereocenters. The van der Waals surface area contributed by atoms with Crippen molar-refractivity contribution >= 4 is 29.3 Å². The molecule has 0 spiro atoms. The molecule has 1 aromatic rings. The van der Waals surface area contributed by atoms with Gasteiger partial charge in [-0.1, -0.05) is 42.7 Å². The van der Waals surface area contributed by atoms with E-state index in [1.807, 2.05) is 31.2 Å². The Hall–Kier alpha value is -1.88. The molecule has 1 amide bonds. The van der Waals surface area contributed by atoms with Crippen molar-refractivity contribution in [3.05, 3.63) is 41.5 Å². The van der Waals surface area contributed by atoms with E-state index in [0.29, 0.717) is 11.2 Å². The SMILES string of the molecule is Cc1ccc(/C=C/C(=O)NNC(=S)NC2CCCC2)cc1. The molecule has 5 heteroatoms.